The number of carbonyl (C=O) groups is 2. The number of nitrogen functional groups attached to an aromatic ring is 1. The van der Waals surface area contributed by atoms with Crippen molar-refractivity contribution in [3.8, 4) is 0 Å². The van der Waals surface area contributed by atoms with Crippen LogP contribution in [-0.2, 0) is 20.7 Å². The molecule has 104 valence electrons. The molecule has 0 heterocycles. The second-order valence-corrected chi connectivity index (χ2v) is 4.10. The van der Waals surface area contributed by atoms with Crippen molar-refractivity contribution in [3.63, 3.8) is 0 Å². The van der Waals surface area contributed by atoms with E-state index in [1.54, 1.807) is 6.92 Å². The number of hydrogen-bond donors (Lipinski definition) is 2. The van der Waals surface area contributed by atoms with Crippen molar-refractivity contribution in [2.75, 3.05) is 18.9 Å². The minimum Gasteiger partial charge on any atom is -0.466 e. The fraction of sp³-hybridized carbons (Fsp3) is 0.429. The van der Waals surface area contributed by atoms with Crippen molar-refractivity contribution in [1.29, 1.82) is 0 Å². The van der Waals surface area contributed by atoms with Crippen LogP contribution >= 0.6 is 0 Å². The maximum atomic E-state index is 11.6. The smallest absolute Gasteiger partial charge is 0.307 e. The molecule has 1 aromatic carbocycles. The number of nitrogens with two attached hydrogens (primary N) is 1. The number of aryl methyl sites for hydroxylation is 1. The molecule has 0 aliphatic carbocycles. The summed E-state index contributed by atoms with van der Waals surface area (Å²) in [5.74, 6) is -0.386. The first kappa shape index (κ1) is 15.0. The Morgan fingerprint density at radius 2 is 2.00 bits per heavy atom. The van der Waals surface area contributed by atoms with Gasteiger partial charge in [0.2, 0.25) is 5.91 Å². The second-order valence-electron chi connectivity index (χ2n) is 4.10. The monoisotopic (exact) mass is 264 g/mol. The first-order valence-electron chi connectivity index (χ1n) is 6.39. The summed E-state index contributed by atoms with van der Waals surface area (Å²) in [5, 5.41) is 2.68. The number of para-hydroxylation sites is 1. The lowest BCUT2D eigenvalue weighted by Crippen LogP contribution is -2.26. The molecule has 0 saturated carbocycles. The molecule has 0 unspecified atom stereocenters. The summed E-state index contributed by atoms with van der Waals surface area (Å²) in [7, 11) is 0. The third-order valence-electron chi connectivity index (χ3n) is 2.63. The van der Waals surface area contributed by atoms with Crippen LogP contribution in [0.15, 0.2) is 24.3 Å². The number of benzene rings is 1. The lowest BCUT2D eigenvalue weighted by atomic mass is 10.1. The van der Waals surface area contributed by atoms with Crippen LogP contribution < -0.4 is 11.1 Å². The molecule has 3 N–H and O–H groups in total. The standard InChI is InChI=1S/C14H20N2O3/c1-2-19-14(18)9-10-16-13(17)8-7-11-5-3-4-6-12(11)15/h3-6H,2,7-10,15H2,1H3,(H,16,17). The molecule has 0 atom stereocenters. The molecule has 0 aliphatic rings. The van der Waals surface area contributed by atoms with Crippen LogP contribution in [0.1, 0.15) is 25.3 Å². The van der Waals surface area contributed by atoms with E-state index in [2.05, 4.69) is 5.32 Å². The summed E-state index contributed by atoms with van der Waals surface area (Å²) in [6, 6.07) is 7.47. The Balaban J connectivity index is 2.22. The average molecular weight is 264 g/mol. The van der Waals surface area contributed by atoms with E-state index in [9.17, 15) is 9.59 Å². The Morgan fingerprint density at radius 1 is 1.26 bits per heavy atom. The van der Waals surface area contributed by atoms with E-state index in [0.29, 0.717) is 31.7 Å². The molecule has 5 nitrogen and oxygen atoms in total. The van der Waals surface area contributed by atoms with Crippen LogP contribution in [0, 0.1) is 0 Å². The zero-order chi connectivity index (χ0) is 14.1. The number of hydrogen-bond acceptors (Lipinski definition) is 4. The summed E-state index contributed by atoms with van der Waals surface area (Å²) >= 11 is 0. The van der Waals surface area contributed by atoms with Gasteiger partial charge < -0.3 is 15.8 Å². The molecule has 1 aromatic rings. The molecular weight excluding hydrogens is 244 g/mol. The number of nitrogens with one attached hydrogen (secondary N) is 1. The zero-order valence-electron chi connectivity index (χ0n) is 11.1. The average Bonchev–Trinajstić information content (AvgIpc) is 2.38. The van der Waals surface area contributed by atoms with Gasteiger partial charge in [-0.2, -0.15) is 0 Å². The predicted octanol–water partition coefficient (Wildman–Crippen LogP) is 1.27. The maximum absolute atomic E-state index is 11.6. The summed E-state index contributed by atoms with van der Waals surface area (Å²) in [4.78, 5) is 22.6. The van der Waals surface area contributed by atoms with E-state index in [1.165, 1.54) is 0 Å². The van der Waals surface area contributed by atoms with Gasteiger partial charge in [0, 0.05) is 18.7 Å². The fourth-order valence-electron chi connectivity index (χ4n) is 1.64. The molecule has 0 aromatic heterocycles. The van der Waals surface area contributed by atoms with Gasteiger partial charge in [-0.1, -0.05) is 18.2 Å². The van der Waals surface area contributed by atoms with Crippen LogP contribution in [-0.4, -0.2) is 25.0 Å². The highest BCUT2D eigenvalue weighted by molar-refractivity contribution is 5.77. The van der Waals surface area contributed by atoms with Gasteiger partial charge in [-0.25, -0.2) is 0 Å². The number of ether oxygens (including phenoxy) is 1. The Labute approximate surface area is 113 Å². The molecule has 1 amide bonds. The SMILES string of the molecule is CCOC(=O)CCNC(=O)CCc1ccccc1N. The van der Waals surface area contributed by atoms with E-state index in [-0.39, 0.29) is 18.3 Å². The zero-order valence-corrected chi connectivity index (χ0v) is 11.1. The summed E-state index contributed by atoms with van der Waals surface area (Å²) < 4.78 is 4.76. The topological polar surface area (TPSA) is 81.4 Å². The first-order chi connectivity index (χ1) is 9.13. The number of amides is 1. The maximum Gasteiger partial charge on any atom is 0.307 e. The summed E-state index contributed by atoms with van der Waals surface area (Å²) in [5.41, 5.74) is 7.44. The van der Waals surface area contributed by atoms with Gasteiger partial charge in [-0.15, -0.1) is 0 Å². The molecule has 5 heteroatoms. The predicted molar refractivity (Wildman–Crippen MR) is 73.4 cm³/mol. The van der Waals surface area contributed by atoms with Gasteiger partial charge in [0.1, 0.15) is 0 Å². The molecule has 0 fully saturated rings. The highest BCUT2D eigenvalue weighted by Gasteiger charge is 2.06. The second kappa shape index (κ2) is 8.13. The van der Waals surface area contributed by atoms with Gasteiger partial charge in [-0.05, 0) is 25.0 Å². The highest BCUT2D eigenvalue weighted by Crippen LogP contribution is 2.12. The third-order valence-corrected chi connectivity index (χ3v) is 2.63. The number of carbonyl (C=O) groups excluding carboxylic acids is 2. The highest BCUT2D eigenvalue weighted by atomic mass is 16.5. The van der Waals surface area contributed by atoms with Crippen molar-refractivity contribution < 1.29 is 14.3 Å². The molecule has 19 heavy (non-hydrogen) atoms. The summed E-state index contributed by atoms with van der Waals surface area (Å²) in [6.07, 6.45) is 1.15. The molecule has 0 radical (unpaired) electrons. The van der Waals surface area contributed by atoms with Gasteiger partial charge in [-0.3, -0.25) is 9.59 Å². The Kier molecular flexibility index (Phi) is 6.43. The van der Waals surface area contributed by atoms with Gasteiger partial charge in [0.15, 0.2) is 0 Å². The minimum absolute atomic E-state index is 0.0902. The van der Waals surface area contributed by atoms with Gasteiger partial charge >= 0.3 is 5.97 Å². The van der Waals surface area contributed by atoms with Crippen molar-refractivity contribution in [1.82, 2.24) is 5.32 Å². The molecule has 0 spiro atoms. The lowest BCUT2D eigenvalue weighted by molar-refractivity contribution is -0.143. The van der Waals surface area contributed by atoms with Crippen LogP contribution in [0.2, 0.25) is 0 Å². The quantitative estimate of drug-likeness (QED) is 0.574. The van der Waals surface area contributed by atoms with Crippen molar-refractivity contribution in [2.45, 2.75) is 26.2 Å². The number of rotatable bonds is 7. The number of esters is 1. The van der Waals surface area contributed by atoms with Crippen LogP contribution in [0.25, 0.3) is 0 Å². The van der Waals surface area contributed by atoms with Crippen LogP contribution in [0.5, 0.6) is 0 Å². The molecule has 1 rings (SSSR count). The lowest BCUT2D eigenvalue weighted by Gasteiger charge is -2.06. The Hall–Kier alpha value is -2.04. The minimum atomic E-state index is -0.296. The Bertz CT molecular complexity index is 432. The normalized spacial score (nSPS) is 9.95. The van der Waals surface area contributed by atoms with Gasteiger partial charge in [0.05, 0.1) is 13.0 Å². The van der Waals surface area contributed by atoms with E-state index in [0.717, 1.165) is 5.56 Å². The van der Waals surface area contributed by atoms with Crippen LogP contribution in [0.3, 0.4) is 0 Å². The van der Waals surface area contributed by atoms with E-state index in [1.807, 2.05) is 24.3 Å². The third kappa shape index (κ3) is 5.90. The Morgan fingerprint density at radius 3 is 2.68 bits per heavy atom. The van der Waals surface area contributed by atoms with E-state index >= 15 is 0 Å². The van der Waals surface area contributed by atoms with Crippen molar-refractivity contribution in [3.05, 3.63) is 29.8 Å². The van der Waals surface area contributed by atoms with Gasteiger partial charge in [0.25, 0.3) is 0 Å². The van der Waals surface area contributed by atoms with E-state index < -0.39 is 0 Å². The van der Waals surface area contributed by atoms with Crippen molar-refractivity contribution >= 4 is 17.6 Å². The molecule has 0 aliphatic heterocycles. The molecule has 0 saturated heterocycles. The fourth-order valence-corrected chi connectivity index (χ4v) is 1.64. The van der Waals surface area contributed by atoms with E-state index in [4.69, 9.17) is 10.5 Å². The first-order valence-corrected chi connectivity index (χ1v) is 6.39. The summed E-state index contributed by atoms with van der Waals surface area (Å²) in [6.45, 7) is 2.42. The van der Waals surface area contributed by atoms with Crippen molar-refractivity contribution in [2.24, 2.45) is 0 Å². The molecule has 0 bridgehead atoms. The molecular formula is C14H20N2O3. The largest absolute Gasteiger partial charge is 0.466 e. The number of anilines is 1. The van der Waals surface area contributed by atoms with Crippen LogP contribution in [0.4, 0.5) is 5.69 Å².